The summed E-state index contributed by atoms with van der Waals surface area (Å²) in [7, 11) is 1.73. The quantitative estimate of drug-likeness (QED) is 0.860. The number of thiazole rings is 1. The van der Waals surface area contributed by atoms with E-state index in [0.29, 0.717) is 17.8 Å². The van der Waals surface area contributed by atoms with Crippen molar-refractivity contribution in [2.75, 3.05) is 25.0 Å². The molecule has 6 heteroatoms. The molecule has 0 unspecified atom stereocenters. The van der Waals surface area contributed by atoms with Gasteiger partial charge >= 0.3 is 0 Å². The summed E-state index contributed by atoms with van der Waals surface area (Å²) in [6, 6.07) is 4.79. The van der Waals surface area contributed by atoms with Crippen LogP contribution in [0.4, 0.5) is 10.1 Å². The van der Waals surface area contributed by atoms with Gasteiger partial charge in [-0.3, -0.25) is 4.79 Å². The van der Waals surface area contributed by atoms with Gasteiger partial charge in [-0.25, -0.2) is 9.37 Å². The topological polar surface area (TPSA) is 36.4 Å². The molecule has 4 nitrogen and oxygen atoms in total. The summed E-state index contributed by atoms with van der Waals surface area (Å²) >= 11 is 1.57. The number of rotatable bonds is 4. The second-order valence-electron chi connectivity index (χ2n) is 5.87. The van der Waals surface area contributed by atoms with Gasteiger partial charge in [0.25, 0.3) is 5.91 Å². The van der Waals surface area contributed by atoms with Crippen molar-refractivity contribution in [3.05, 3.63) is 45.7 Å². The highest BCUT2D eigenvalue weighted by molar-refractivity contribution is 7.11. The van der Waals surface area contributed by atoms with Crippen LogP contribution in [-0.4, -0.2) is 35.9 Å². The van der Waals surface area contributed by atoms with Crippen molar-refractivity contribution in [1.29, 1.82) is 0 Å². The standard InChI is InChI=1S/C17H20FN3OS/c1-12-19-10-14(23-12)11-20(2)17(22)13-5-6-16(15(18)9-13)21-7-3-4-8-21/h5-6,9-10H,3-4,7-8,11H2,1-2H3. The number of amides is 1. The smallest absolute Gasteiger partial charge is 0.254 e. The predicted molar refractivity (Wildman–Crippen MR) is 90.5 cm³/mol. The molecule has 122 valence electrons. The largest absolute Gasteiger partial charge is 0.369 e. The zero-order chi connectivity index (χ0) is 16.4. The number of carbonyl (C=O) groups excluding carboxylic acids is 1. The van der Waals surface area contributed by atoms with Crippen LogP contribution in [0.5, 0.6) is 0 Å². The van der Waals surface area contributed by atoms with E-state index in [1.54, 1.807) is 41.6 Å². The summed E-state index contributed by atoms with van der Waals surface area (Å²) in [4.78, 5) is 21.3. The fourth-order valence-corrected chi connectivity index (χ4v) is 3.71. The van der Waals surface area contributed by atoms with Crippen molar-refractivity contribution < 1.29 is 9.18 Å². The molecule has 0 bridgehead atoms. The molecule has 1 aliphatic rings. The minimum atomic E-state index is -0.320. The van der Waals surface area contributed by atoms with Gasteiger partial charge in [0.05, 0.1) is 17.2 Å². The van der Waals surface area contributed by atoms with Crippen LogP contribution in [0, 0.1) is 12.7 Å². The van der Waals surface area contributed by atoms with Crippen LogP contribution in [0.1, 0.15) is 33.1 Å². The Kier molecular flexibility index (Phi) is 4.61. The van der Waals surface area contributed by atoms with Crippen LogP contribution in [-0.2, 0) is 6.54 Å². The second-order valence-corrected chi connectivity index (χ2v) is 7.19. The molecule has 3 rings (SSSR count). The first kappa shape index (κ1) is 15.9. The maximum absolute atomic E-state index is 14.3. The van der Waals surface area contributed by atoms with Crippen LogP contribution >= 0.6 is 11.3 Å². The summed E-state index contributed by atoms with van der Waals surface area (Å²) in [6.07, 6.45) is 3.97. The number of hydrogen-bond acceptors (Lipinski definition) is 4. The summed E-state index contributed by atoms with van der Waals surface area (Å²) in [5.74, 6) is -0.497. The molecule has 0 atom stereocenters. The van der Waals surface area contributed by atoms with Gasteiger partial charge in [-0.05, 0) is 38.0 Å². The Morgan fingerprint density at radius 3 is 2.74 bits per heavy atom. The molecule has 1 aromatic carbocycles. The second kappa shape index (κ2) is 6.66. The highest BCUT2D eigenvalue weighted by Gasteiger charge is 2.19. The molecule has 2 aromatic rings. The normalized spacial score (nSPS) is 14.3. The molecule has 23 heavy (non-hydrogen) atoms. The van der Waals surface area contributed by atoms with E-state index < -0.39 is 0 Å². The summed E-state index contributed by atoms with van der Waals surface area (Å²) < 4.78 is 14.3. The van der Waals surface area contributed by atoms with E-state index in [4.69, 9.17) is 0 Å². The molecule has 1 fully saturated rings. The van der Waals surface area contributed by atoms with Gasteiger partial charge in [-0.15, -0.1) is 11.3 Å². The van der Waals surface area contributed by atoms with Crippen LogP contribution in [0.2, 0.25) is 0 Å². The lowest BCUT2D eigenvalue weighted by molar-refractivity contribution is 0.0786. The summed E-state index contributed by atoms with van der Waals surface area (Å²) in [5, 5.41) is 0.974. The molecule has 1 amide bonds. The third-order valence-corrected chi connectivity index (χ3v) is 4.95. The Morgan fingerprint density at radius 2 is 2.13 bits per heavy atom. The van der Waals surface area contributed by atoms with Gasteiger partial charge in [-0.2, -0.15) is 0 Å². The van der Waals surface area contributed by atoms with Gasteiger partial charge in [0.2, 0.25) is 0 Å². The number of anilines is 1. The highest BCUT2D eigenvalue weighted by atomic mass is 32.1. The van der Waals surface area contributed by atoms with Gasteiger partial charge in [0.15, 0.2) is 0 Å². The Bertz CT molecular complexity index is 710. The first-order chi connectivity index (χ1) is 11.0. The fourth-order valence-electron chi connectivity index (χ4n) is 2.86. The number of hydrogen-bond donors (Lipinski definition) is 0. The van der Waals surface area contributed by atoms with E-state index >= 15 is 0 Å². The minimum absolute atomic E-state index is 0.178. The lowest BCUT2D eigenvalue weighted by atomic mass is 10.1. The third-order valence-electron chi connectivity index (χ3n) is 4.05. The van der Waals surface area contributed by atoms with Crippen molar-refractivity contribution in [1.82, 2.24) is 9.88 Å². The lowest BCUT2D eigenvalue weighted by Crippen LogP contribution is -2.26. The number of nitrogens with zero attached hydrogens (tertiary/aromatic N) is 3. The lowest BCUT2D eigenvalue weighted by Gasteiger charge is -2.20. The maximum atomic E-state index is 14.3. The number of benzene rings is 1. The van der Waals surface area contributed by atoms with E-state index in [1.165, 1.54) is 6.07 Å². The Labute approximate surface area is 139 Å². The predicted octanol–water partition coefficient (Wildman–Crippen LogP) is 3.46. The van der Waals surface area contributed by atoms with Gasteiger partial charge in [0.1, 0.15) is 5.82 Å². The minimum Gasteiger partial charge on any atom is -0.369 e. The van der Waals surface area contributed by atoms with Crippen molar-refractivity contribution >= 4 is 22.9 Å². The summed E-state index contributed by atoms with van der Waals surface area (Å²) in [5.41, 5.74) is 0.981. The van der Waals surface area contributed by atoms with Crippen molar-refractivity contribution in [2.45, 2.75) is 26.3 Å². The third kappa shape index (κ3) is 3.52. The SMILES string of the molecule is Cc1ncc(CN(C)C(=O)c2ccc(N3CCCC3)c(F)c2)s1. The highest BCUT2D eigenvalue weighted by Crippen LogP contribution is 2.25. The van der Waals surface area contributed by atoms with Crippen LogP contribution in [0.3, 0.4) is 0 Å². The number of halogens is 1. The van der Waals surface area contributed by atoms with Crippen molar-refractivity contribution in [3.8, 4) is 0 Å². The number of carbonyl (C=O) groups is 1. The fraction of sp³-hybridized carbons (Fsp3) is 0.412. The van der Waals surface area contributed by atoms with E-state index in [-0.39, 0.29) is 11.7 Å². The molecule has 1 saturated heterocycles. The molecular weight excluding hydrogens is 313 g/mol. The average Bonchev–Trinajstić information content (AvgIpc) is 3.18. The number of aromatic nitrogens is 1. The monoisotopic (exact) mass is 333 g/mol. The summed E-state index contributed by atoms with van der Waals surface area (Å²) in [6.45, 7) is 4.19. The zero-order valence-electron chi connectivity index (χ0n) is 13.4. The zero-order valence-corrected chi connectivity index (χ0v) is 14.2. The molecule has 1 aromatic heterocycles. The number of aryl methyl sites for hydroxylation is 1. The maximum Gasteiger partial charge on any atom is 0.254 e. The molecule has 0 aliphatic carbocycles. The molecule has 0 radical (unpaired) electrons. The van der Waals surface area contributed by atoms with Crippen LogP contribution in [0.25, 0.3) is 0 Å². The van der Waals surface area contributed by atoms with Gasteiger partial charge in [-0.1, -0.05) is 0 Å². The van der Waals surface area contributed by atoms with Crippen molar-refractivity contribution in [2.24, 2.45) is 0 Å². The molecule has 2 heterocycles. The van der Waals surface area contributed by atoms with Gasteiger partial charge in [0, 0.05) is 36.8 Å². The van der Waals surface area contributed by atoms with Crippen LogP contribution in [0.15, 0.2) is 24.4 Å². The molecular formula is C17H20FN3OS. The van der Waals surface area contributed by atoms with E-state index in [2.05, 4.69) is 4.98 Å². The Hall–Kier alpha value is -1.95. The molecule has 0 spiro atoms. The Balaban J connectivity index is 1.72. The first-order valence-corrected chi connectivity index (χ1v) is 8.57. The molecule has 0 N–H and O–H groups in total. The average molecular weight is 333 g/mol. The first-order valence-electron chi connectivity index (χ1n) is 7.76. The molecule has 0 saturated carbocycles. The van der Waals surface area contributed by atoms with Crippen molar-refractivity contribution in [3.63, 3.8) is 0 Å². The van der Waals surface area contributed by atoms with E-state index in [0.717, 1.165) is 35.8 Å². The van der Waals surface area contributed by atoms with Gasteiger partial charge < -0.3 is 9.80 Å². The van der Waals surface area contributed by atoms with Crippen LogP contribution < -0.4 is 4.90 Å². The van der Waals surface area contributed by atoms with E-state index in [1.807, 2.05) is 11.8 Å². The van der Waals surface area contributed by atoms with E-state index in [9.17, 15) is 9.18 Å². The molecule has 1 aliphatic heterocycles. The Morgan fingerprint density at radius 1 is 1.39 bits per heavy atom.